The van der Waals surface area contributed by atoms with Crippen LogP contribution >= 0.6 is 11.8 Å². The molecule has 2 aromatic rings. The highest BCUT2D eigenvalue weighted by Crippen LogP contribution is 2.23. The molecule has 0 saturated heterocycles. The number of para-hydroxylation sites is 2. The SMILES string of the molecule is CCN(CC)CCNC(=O)CSc1nc2ccccc2n1CC. The Morgan fingerprint density at radius 1 is 1.26 bits per heavy atom. The molecule has 0 fully saturated rings. The molecular weight excluding hydrogens is 308 g/mol. The molecule has 2 rings (SSSR count). The first-order valence-electron chi connectivity index (χ1n) is 8.26. The van der Waals surface area contributed by atoms with Crippen molar-refractivity contribution in [2.75, 3.05) is 31.9 Å². The van der Waals surface area contributed by atoms with Gasteiger partial charge in [-0.05, 0) is 32.1 Å². The van der Waals surface area contributed by atoms with E-state index in [9.17, 15) is 4.79 Å². The number of carbonyl (C=O) groups is 1. The summed E-state index contributed by atoms with van der Waals surface area (Å²) < 4.78 is 2.16. The Kier molecular flexibility index (Phi) is 6.92. The van der Waals surface area contributed by atoms with Crippen molar-refractivity contribution in [2.24, 2.45) is 0 Å². The minimum absolute atomic E-state index is 0.0665. The second-order valence-electron chi connectivity index (χ2n) is 5.29. The molecule has 0 radical (unpaired) electrons. The number of thioether (sulfide) groups is 1. The van der Waals surface area contributed by atoms with Crippen molar-refractivity contribution in [3.63, 3.8) is 0 Å². The third-order valence-electron chi connectivity index (χ3n) is 3.91. The van der Waals surface area contributed by atoms with Gasteiger partial charge in [0, 0.05) is 19.6 Å². The largest absolute Gasteiger partial charge is 0.354 e. The van der Waals surface area contributed by atoms with Crippen LogP contribution in [0.4, 0.5) is 0 Å². The predicted octanol–water partition coefficient (Wildman–Crippen LogP) is 2.61. The van der Waals surface area contributed by atoms with Crippen LogP contribution in [0.15, 0.2) is 29.4 Å². The highest BCUT2D eigenvalue weighted by Gasteiger charge is 2.11. The number of rotatable bonds is 9. The zero-order valence-electron chi connectivity index (χ0n) is 14.2. The van der Waals surface area contributed by atoms with Gasteiger partial charge in [0.1, 0.15) is 0 Å². The highest BCUT2D eigenvalue weighted by atomic mass is 32.2. The van der Waals surface area contributed by atoms with Gasteiger partial charge >= 0.3 is 0 Å². The van der Waals surface area contributed by atoms with Gasteiger partial charge in [-0.2, -0.15) is 0 Å². The Morgan fingerprint density at radius 2 is 2.00 bits per heavy atom. The fourth-order valence-corrected chi connectivity index (χ4v) is 3.45. The van der Waals surface area contributed by atoms with E-state index in [0.717, 1.165) is 42.4 Å². The van der Waals surface area contributed by atoms with E-state index in [1.165, 1.54) is 11.8 Å². The van der Waals surface area contributed by atoms with E-state index >= 15 is 0 Å². The number of amides is 1. The number of nitrogens with zero attached hydrogens (tertiary/aromatic N) is 3. The van der Waals surface area contributed by atoms with Gasteiger partial charge in [-0.15, -0.1) is 0 Å². The zero-order chi connectivity index (χ0) is 16.7. The molecule has 1 N–H and O–H groups in total. The first-order valence-corrected chi connectivity index (χ1v) is 9.25. The normalized spacial score (nSPS) is 11.3. The second-order valence-corrected chi connectivity index (χ2v) is 6.24. The molecule has 0 saturated carbocycles. The fraction of sp³-hybridized carbons (Fsp3) is 0.529. The average Bonchev–Trinajstić information content (AvgIpc) is 2.94. The third-order valence-corrected chi connectivity index (χ3v) is 4.89. The topological polar surface area (TPSA) is 50.2 Å². The van der Waals surface area contributed by atoms with E-state index in [2.05, 4.69) is 46.6 Å². The number of hydrogen-bond acceptors (Lipinski definition) is 4. The summed E-state index contributed by atoms with van der Waals surface area (Å²) in [5.41, 5.74) is 2.11. The number of imidazole rings is 1. The van der Waals surface area contributed by atoms with Crippen molar-refractivity contribution >= 4 is 28.7 Å². The molecule has 6 heteroatoms. The summed E-state index contributed by atoms with van der Waals surface area (Å²) in [7, 11) is 0. The molecule has 1 heterocycles. The van der Waals surface area contributed by atoms with E-state index in [-0.39, 0.29) is 5.91 Å². The number of carbonyl (C=O) groups excluding carboxylic acids is 1. The lowest BCUT2D eigenvalue weighted by molar-refractivity contribution is -0.118. The van der Waals surface area contributed by atoms with Crippen molar-refractivity contribution in [1.29, 1.82) is 0 Å². The van der Waals surface area contributed by atoms with Gasteiger partial charge in [0.15, 0.2) is 5.16 Å². The van der Waals surface area contributed by atoms with Gasteiger partial charge in [-0.1, -0.05) is 37.7 Å². The Morgan fingerprint density at radius 3 is 2.70 bits per heavy atom. The van der Waals surface area contributed by atoms with Crippen LogP contribution in [-0.2, 0) is 11.3 Å². The molecule has 0 aliphatic carbocycles. The third kappa shape index (κ3) is 4.72. The molecule has 5 nitrogen and oxygen atoms in total. The molecule has 126 valence electrons. The smallest absolute Gasteiger partial charge is 0.230 e. The van der Waals surface area contributed by atoms with Crippen molar-refractivity contribution in [2.45, 2.75) is 32.5 Å². The van der Waals surface area contributed by atoms with Gasteiger partial charge in [0.05, 0.1) is 16.8 Å². The lowest BCUT2D eigenvalue weighted by Gasteiger charge is -2.17. The van der Waals surface area contributed by atoms with E-state index in [1.54, 1.807) is 0 Å². The van der Waals surface area contributed by atoms with Gasteiger partial charge in [-0.25, -0.2) is 4.98 Å². The standard InChI is InChI=1S/C17H26N4OS/c1-4-20(5-2)12-11-18-16(22)13-23-17-19-14-9-7-8-10-15(14)21(17)6-3/h7-10H,4-6,11-13H2,1-3H3,(H,18,22). The Bertz CT molecular complexity index is 637. The summed E-state index contributed by atoms with van der Waals surface area (Å²) in [6, 6.07) is 8.09. The Hall–Kier alpha value is -1.53. The molecular formula is C17H26N4OS. The van der Waals surface area contributed by atoms with Crippen LogP contribution in [0.5, 0.6) is 0 Å². The molecule has 0 spiro atoms. The Balaban J connectivity index is 1.87. The predicted molar refractivity (Wildman–Crippen MR) is 96.9 cm³/mol. The number of likely N-dealkylation sites (N-methyl/N-ethyl adjacent to an activating group) is 1. The van der Waals surface area contributed by atoms with Crippen LogP contribution < -0.4 is 5.32 Å². The van der Waals surface area contributed by atoms with Crippen molar-refractivity contribution < 1.29 is 4.79 Å². The Labute approximate surface area is 142 Å². The summed E-state index contributed by atoms with van der Waals surface area (Å²) in [6.07, 6.45) is 0. The summed E-state index contributed by atoms with van der Waals surface area (Å²) in [5, 5.41) is 3.89. The van der Waals surface area contributed by atoms with Crippen LogP contribution in [0, 0.1) is 0 Å². The molecule has 0 aliphatic rings. The first-order chi connectivity index (χ1) is 11.2. The summed E-state index contributed by atoms with van der Waals surface area (Å²) in [6.45, 7) is 10.9. The number of fused-ring (bicyclic) bond motifs is 1. The summed E-state index contributed by atoms with van der Waals surface area (Å²) >= 11 is 1.50. The molecule has 0 aliphatic heterocycles. The minimum atomic E-state index is 0.0665. The first kappa shape index (κ1) is 17.8. The number of hydrogen-bond donors (Lipinski definition) is 1. The van der Waals surface area contributed by atoms with Crippen molar-refractivity contribution in [3.05, 3.63) is 24.3 Å². The van der Waals surface area contributed by atoms with Crippen LogP contribution in [0.3, 0.4) is 0 Å². The fourth-order valence-electron chi connectivity index (χ4n) is 2.54. The summed E-state index contributed by atoms with van der Waals surface area (Å²) in [4.78, 5) is 18.9. The molecule has 1 amide bonds. The molecule has 23 heavy (non-hydrogen) atoms. The molecule has 0 bridgehead atoms. The second kappa shape index (κ2) is 8.93. The van der Waals surface area contributed by atoms with Crippen LogP contribution in [0.1, 0.15) is 20.8 Å². The minimum Gasteiger partial charge on any atom is -0.354 e. The molecule has 1 aromatic heterocycles. The number of nitrogens with one attached hydrogen (secondary N) is 1. The maximum Gasteiger partial charge on any atom is 0.230 e. The van der Waals surface area contributed by atoms with Crippen LogP contribution in [0.2, 0.25) is 0 Å². The van der Waals surface area contributed by atoms with Crippen molar-refractivity contribution in [1.82, 2.24) is 19.8 Å². The maximum atomic E-state index is 12.0. The van der Waals surface area contributed by atoms with Gasteiger partial charge in [0.2, 0.25) is 5.91 Å². The van der Waals surface area contributed by atoms with E-state index in [4.69, 9.17) is 0 Å². The van der Waals surface area contributed by atoms with E-state index < -0.39 is 0 Å². The number of aromatic nitrogens is 2. The quantitative estimate of drug-likeness (QED) is 0.716. The van der Waals surface area contributed by atoms with Crippen LogP contribution in [0.25, 0.3) is 11.0 Å². The van der Waals surface area contributed by atoms with Gasteiger partial charge in [-0.3, -0.25) is 4.79 Å². The number of benzene rings is 1. The van der Waals surface area contributed by atoms with E-state index in [0.29, 0.717) is 12.3 Å². The van der Waals surface area contributed by atoms with Crippen LogP contribution in [-0.4, -0.2) is 52.3 Å². The average molecular weight is 334 g/mol. The maximum absolute atomic E-state index is 12.0. The molecule has 0 atom stereocenters. The van der Waals surface area contributed by atoms with Gasteiger partial charge in [0.25, 0.3) is 0 Å². The van der Waals surface area contributed by atoms with Crippen molar-refractivity contribution in [3.8, 4) is 0 Å². The summed E-state index contributed by atoms with van der Waals surface area (Å²) in [5.74, 6) is 0.471. The molecule has 1 aromatic carbocycles. The lowest BCUT2D eigenvalue weighted by atomic mass is 10.3. The van der Waals surface area contributed by atoms with E-state index in [1.807, 2.05) is 18.2 Å². The zero-order valence-corrected chi connectivity index (χ0v) is 15.0. The highest BCUT2D eigenvalue weighted by molar-refractivity contribution is 7.99. The lowest BCUT2D eigenvalue weighted by Crippen LogP contribution is -2.35. The number of aryl methyl sites for hydroxylation is 1. The van der Waals surface area contributed by atoms with Gasteiger partial charge < -0.3 is 14.8 Å². The molecule has 0 unspecified atom stereocenters. The monoisotopic (exact) mass is 334 g/mol.